The molecule has 1 aliphatic rings. The second-order valence-corrected chi connectivity index (χ2v) is 9.85. The van der Waals surface area contributed by atoms with Crippen molar-refractivity contribution in [1.29, 1.82) is 0 Å². The van der Waals surface area contributed by atoms with Gasteiger partial charge in [0.25, 0.3) is 0 Å². The van der Waals surface area contributed by atoms with Gasteiger partial charge in [-0.15, -0.1) is 0 Å². The zero-order valence-electron chi connectivity index (χ0n) is 18.4. The van der Waals surface area contributed by atoms with E-state index in [0.29, 0.717) is 12.5 Å². The molecule has 1 amide bonds. The highest BCUT2D eigenvalue weighted by molar-refractivity contribution is 5.76. The second-order valence-electron chi connectivity index (χ2n) is 9.85. The summed E-state index contributed by atoms with van der Waals surface area (Å²) in [6.07, 6.45) is 17.3. The van der Waals surface area contributed by atoms with Crippen molar-refractivity contribution in [3.8, 4) is 0 Å². The minimum atomic E-state index is 0.0935. The highest BCUT2D eigenvalue weighted by atomic mass is 16.1. The number of amides is 1. The Bertz CT molecular complexity index is 374. The van der Waals surface area contributed by atoms with E-state index in [1.54, 1.807) is 0 Å². The normalized spacial score (nSPS) is 19.4. The molecule has 0 atom stereocenters. The maximum Gasteiger partial charge on any atom is 0.220 e. The summed E-state index contributed by atoms with van der Waals surface area (Å²) >= 11 is 0. The van der Waals surface area contributed by atoms with E-state index in [2.05, 4.69) is 45.3 Å². The quantitative estimate of drug-likeness (QED) is 0.386. The third kappa shape index (κ3) is 11.2. The van der Waals surface area contributed by atoms with Crippen molar-refractivity contribution >= 4 is 5.91 Å². The van der Waals surface area contributed by atoms with Gasteiger partial charge in [-0.3, -0.25) is 4.79 Å². The van der Waals surface area contributed by atoms with E-state index < -0.39 is 0 Å². The van der Waals surface area contributed by atoms with Gasteiger partial charge >= 0.3 is 0 Å². The standard InChI is InChI=1S/C23H46N2O/c1-6-7-8-9-10-11-12-13-14-15-16-17-21(26)24-20-18-22(2,3)25-23(4,5)19-20/h20,25H,6-19H2,1-5H3,(H,24,26). The van der Waals surface area contributed by atoms with Crippen LogP contribution in [-0.4, -0.2) is 23.0 Å². The van der Waals surface area contributed by atoms with Gasteiger partial charge in [-0.05, 0) is 47.0 Å². The lowest BCUT2D eigenvalue weighted by Gasteiger charge is -2.46. The van der Waals surface area contributed by atoms with Crippen LogP contribution in [0.25, 0.3) is 0 Å². The Labute approximate surface area is 163 Å². The van der Waals surface area contributed by atoms with E-state index in [4.69, 9.17) is 0 Å². The van der Waals surface area contributed by atoms with Gasteiger partial charge in [0.1, 0.15) is 0 Å². The maximum absolute atomic E-state index is 12.3. The Morgan fingerprint density at radius 2 is 1.23 bits per heavy atom. The zero-order chi connectivity index (χ0) is 19.5. The molecule has 1 saturated heterocycles. The lowest BCUT2D eigenvalue weighted by molar-refractivity contribution is -0.122. The van der Waals surface area contributed by atoms with Crippen LogP contribution in [0.5, 0.6) is 0 Å². The summed E-state index contributed by atoms with van der Waals surface area (Å²) in [5.74, 6) is 0.249. The van der Waals surface area contributed by atoms with E-state index in [1.807, 2.05) is 0 Å². The molecule has 1 aliphatic heterocycles. The molecule has 0 aliphatic carbocycles. The van der Waals surface area contributed by atoms with Crippen LogP contribution in [0.3, 0.4) is 0 Å². The number of unbranched alkanes of at least 4 members (excludes halogenated alkanes) is 10. The molecule has 3 heteroatoms. The SMILES string of the molecule is CCCCCCCCCCCCCC(=O)NC1CC(C)(C)NC(C)(C)C1. The molecule has 0 unspecified atom stereocenters. The van der Waals surface area contributed by atoms with Gasteiger partial charge in [-0.2, -0.15) is 0 Å². The number of nitrogens with one attached hydrogen (secondary N) is 2. The molecule has 154 valence electrons. The molecule has 0 aromatic carbocycles. The number of hydrogen-bond acceptors (Lipinski definition) is 2. The molecule has 0 bridgehead atoms. The number of piperidine rings is 1. The minimum Gasteiger partial charge on any atom is -0.353 e. The summed E-state index contributed by atoms with van der Waals surface area (Å²) in [5, 5.41) is 6.96. The monoisotopic (exact) mass is 366 g/mol. The molecule has 1 fully saturated rings. The summed E-state index contributed by atoms with van der Waals surface area (Å²) in [6, 6.07) is 0.307. The van der Waals surface area contributed by atoms with Gasteiger partial charge in [-0.1, -0.05) is 71.1 Å². The first-order valence-corrected chi connectivity index (χ1v) is 11.3. The molecule has 0 aromatic heterocycles. The molecule has 0 radical (unpaired) electrons. The molecule has 0 saturated carbocycles. The minimum absolute atomic E-state index is 0.0935. The maximum atomic E-state index is 12.3. The second kappa shape index (κ2) is 12.0. The summed E-state index contributed by atoms with van der Waals surface area (Å²) in [5.41, 5.74) is 0.187. The van der Waals surface area contributed by atoms with Gasteiger partial charge in [0.05, 0.1) is 0 Å². The average molecular weight is 367 g/mol. The smallest absolute Gasteiger partial charge is 0.220 e. The molecule has 2 N–H and O–H groups in total. The van der Waals surface area contributed by atoms with Crippen LogP contribution < -0.4 is 10.6 Å². The lowest BCUT2D eigenvalue weighted by atomic mass is 9.79. The van der Waals surface area contributed by atoms with Gasteiger partial charge in [0, 0.05) is 23.5 Å². The van der Waals surface area contributed by atoms with Gasteiger partial charge in [0.15, 0.2) is 0 Å². The summed E-state index contributed by atoms with van der Waals surface area (Å²) in [7, 11) is 0. The Morgan fingerprint density at radius 3 is 1.69 bits per heavy atom. The fourth-order valence-electron chi connectivity index (χ4n) is 4.67. The summed E-state index contributed by atoms with van der Waals surface area (Å²) in [4.78, 5) is 12.3. The van der Waals surface area contributed by atoms with E-state index in [9.17, 15) is 4.79 Å². The molecule has 1 heterocycles. The average Bonchev–Trinajstić information content (AvgIpc) is 2.49. The van der Waals surface area contributed by atoms with Crippen molar-refractivity contribution in [2.75, 3.05) is 0 Å². The van der Waals surface area contributed by atoms with Crippen molar-refractivity contribution in [1.82, 2.24) is 10.6 Å². The number of hydrogen-bond donors (Lipinski definition) is 2. The largest absolute Gasteiger partial charge is 0.353 e. The summed E-state index contributed by atoms with van der Waals surface area (Å²) in [6.45, 7) is 11.2. The third-order valence-corrected chi connectivity index (χ3v) is 5.56. The molecule has 3 nitrogen and oxygen atoms in total. The Morgan fingerprint density at radius 1 is 0.808 bits per heavy atom. The van der Waals surface area contributed by atoms with E-state index in [-0.39, 0.29) is 17.0 Å². The van der Waals surface area contributed by atoms with Crippen LogP contribution in [-0.2, 0) is 4.79 Å². The lowest BCUT2D eigenvalue weighted by Crippen LogP contribution is -2.62. The topological polar surface area (TPSA) is 41.1 Å². The molecule has 0 spiro atoms. The number of carbonyl (C=O) groups excluding carboxylic acids is 1. The fourth-order valence-corrected chi connectivity index (χ4v) is 4.67. The Kier molecular flexibility index (Phi) is 10.8. The van der Waals surface area contributed by atoms with Crippen LogP contribution in [0.2, 0.25) is 0 Å². The predicted molar refractivity (Wildman–Crippen MR) is 114 cm³/mol. The van der Waals surface area contributed by atoms with Crippen LogP contribution in [0.4, 0.5) is 0 Å². The molecule has 0 aromatic rings. The molecule has 1 rings (SSSR count). The van der Waals surface area contributed by atoms with Gasteiger partial charge in [-0.25, -0.2) is 0 Å². The zero-order valence-corrected chi connectivity index (χ0v) is 18.4. The fraction of sp³-hybridized carbons (Fsp3) is 0.957. The van der Waals surface area contributed by atoms with Crippen molar-refractivity contribution < 1.29 is 4.79 Å². The third-order valence-electron chi connectivity index (χ3n) is 5.56. The first-order chi connectivity index (χ1) is 12.2. The van der Waals surface area contributed by atoms with E-state index >= 15 is 0 Å². The molecular formula is C23H46N2O. The number of rotatable bonds is 13. The van der Waals surface area contributed by atoms with Crippen LogP contribution in [0, 0.1) is 0 Å². The Hall–Kier alpha value is -0.570. The van der Waals surface area contributed by atoms with Gasteiger partial charge in [0.2, 0.25) is 5.91 Å². The van der Waals surface area contributed by atoms with Crippen LogP contribution in [0.15, 0.2) is 0 Å². The van der Waals surface area contributed by atoms with Crippen LogP contribution >= 0.6 is 0 Å². The molecular weight excluding hydrogens is 320 g/mol. The van der Waals surface area contributed by atoms with E-state index in [0.717, 1.165) is 19.3 Å². The first-order valence-electron chi connectivity index (χ1n) is 11.3. The molecule has 26 heavy (non-hydrogen) atoms. The highest BCUT2D eigenvalue weighted by Gasteiger charge is 2.37. The first kappa shape index (κ1) is 23.5. The highest BCUT2D eigenvalue weighted by Crippen LogP contribution is 2.28. The van der Waals surface area contributed by atoms with Crippen molar-refractivity contribution in [3.63, 3.8) is 0 Å². The van der Waals surface area contributed by atoms with Crippen LogP contribution in [0.1, 0.15) is 125 Å². The predicted octanol–water partition coefficient (Wildman–Crippen LogP) is 6.11. The van der Waals surface area contributed by atoms with Crippen molar-refractivity contribution in [2.45, 2.75) is 142 Å². The van der Waals surface area contributed by atoms with E-state index in [1.165, 1.54) is 64.2 Å². The van der Waals surface area contributed by atoms with Gasteiger partial charge < -0.3 is 10.6 Å². The Balaban J connectivity index is 2.02. The summed E-state index contributed by atoms with van der Waals surface area (Å²) < 4.78 is 0. The van der Waals surface area contributed by atoms with Crippen molar-refractivity contribution in [3.05, 3.63) is 0 Å². The van der Waals surface area contributed by atoms with Crippen molar-refractivity contribution in [2.24, 2.45) is 0 Å². The number of carbonyl (C=O) groups is 1.